The zero-order valence-corrected chi connectivity index (χ0v) is 14.1. The van der Waals surface area contributed by atoms with E-state index in [1.54, 1.807) is 25.3 Å². The molecule has 0 bridgehead atoms. The molecule has 3 aromatic rings. The van der Waals surface area contributed by atoms with E-state index >= 15 is 0 Å². The van der Waals surface area contributed by atoms with Crippen molar-refractivity contribution in [3.63, 3.8) is 0 Å². The van der Waals surface area contributed by atoms with E-state index in [-0.39, 0.29) is 15.4 Å². The van der Waals surface area contributed by atoms with Crippen LogP contribution in [0, 0.1) is 10.6 Å². The van der Waals surface area contributed by atoms with Crippen LogP contribution in [0.3, 0.4) is 0 Å². The fourth-order valence-electron chi connectivity index (χ4n) is 2.08. The van der Waals surface area contributed by atoms with Crippen molar-refractivity contribution < 1.29 is 9.13 Å². The molecule has 2 aromatic carbocycles. The Hall–Kier alpha value is -2.51. The Bertz CT molecular complexity index is 929. The third-order valence-corrected chi connectivity index (χ3v) is 3.89. The first-order chi connectivity index (χ1) is 11.6. The Labute approximate surface area is 147 Å². The van der Waals surface area contributed by atoms with Gasteiger partial charge in [-0.15, -0.1) is 0 Å². The summed E-state index contributed by atoms with van der Waals surface area (Å²) < 4.78 is 20.7. The molecular formula is C16H12ClFN4OS. The lowest BCUT2D eigenvalue weighted by Gasteiger charge is -2.03. The number of nitrogens with one attached hydrogen (secondary N) is 1. The number of aromatic amines is 1. The van der Waals surface area contributed by atoms with Crippen LogP contribution < -0.4 is 4.74 Å². The Morgan fingerprint density at radius 1 is 1.29 bits per heavy atom. The maximum Gasteiger partial charge on any atom is 0.216 e. The van der Waals surface area contributed by atoms with E-state index in [1.165, 1.54) is 23.0 Å². The molecule has 0 saturated carbocycles. The summed E-state index contributed by atoms with van der Waals surface area (Å²) in [6.45, 7) is 0. The van der Waals surface area contributed by atoms with E-state index in [1.807, 2.05) is 12.1 Å². The van der Waals surface area contributed by atoms with E-state index in [4.69, 9.17) is 28.6 Å². The summed E-state index contributed by atoms with van der Waals surface area (Å²) in [5.41, 5.74) is 0.961. The molecule has 0 fully saturated rings. The van der Waals surface area contributed by atoms with Crippen LogP contribution in [0.1, 0.15) is 5.56 Å². The number of nitrogens with zero attached hydrogens (tertiary/aromatic N) is 3. The summed E-state index contributed by atoms with van der Waals surface area (Å²) in [4.78, 5) is 0. The quantitative estimate of drug-likeness (QED) is 0.556. The van der Waals surface area contributed by atoms with Crippen molar-refractivity contribution in [1.82, 2.24) is 14.9 Å². The van der Waals surface area contributed by atoms with Crippen LogP contribution in [0.5, 0.6) is 5.75 Å². The number of H-pyrrole nitrogens is 1. The fraction of sp³-hybridized carbons (Fsp3) is 0.0625. The number of methoxy groups -OCH3 is 1. The van der Waals surface area contributed by atoms with Crippen molar-refractivity contribution in [2.45, 2.75) is 0 Å². The molecule has 0 unspecified atom stereocenters. The van der Waals surface area contributed by atoms with Gasteiger partial charge in [0.05, 0.1) is 18.3 Å². The largest absolute Gasteiger partial charge is 0.497 e. The van der Waals surface area contributed by atoms with Crippen LogP contribution in [0.25, 0.3) is 11.4 Å². The van der Waals surface area contributed by atoms with E-state index in [0.29, 0.717) is 5.82 Å². The zero-order valence-electron chi connectivity index (χ0n) is 12.5. The lowest BCUT2D eigenvalue weighted by Crippen LogP contribution is -1.97. The monoisotopic (exact) mass is 362 g/mol. The normalized spacial score (nSPS) is 11.1. The van der Waals surface area contributed by atoms with E-state index in [9.17, 15) is 4.39 Å². The minimum Gasteiger partial charge on any atom is -0.497 e. The highest BCUT2D eigenvalue weighted by Gasteiger charge is 2.09. The first-order valence-corrected chi connectivity index (χ1v) is 7.69. The van der Waals surface area contributed by atoms with Gasteiger partial charge in [-0.3, -0.25) is 0 Å². The van der Waals surface area contributed by atoms with Gasteiger partial charge in [-0.05, 0) is 48.6 Å². The molecule has 0 aliphatic heterocycles. The molecule has 122 valence electrons. The summed E-state index contributed by atoms with van der Waals surface area (Å²) in [7, 11) is 1.59. The van der Waals surface area contributed by atoms with Crippen molar-refractivity contribution in [3.8, 4) is 17.1 Å². The van der Waals surface area contributed by atoms with Gasteiger partial charge < -0.3 is 4.74 Å². The van der Waals surface area contributed by atoms with Crippen LogP contribution in [-0.4, -0.2) is 28.2 Å². The Morgan fingerprint density at radius 3 is 2.71 bits per heavy atom. The van der Waals surface area contributed by atoms with Crippen LogP contribution in [-0.2, 0) is 0 Å². The SMILES string of the molecule is COc1ccc(-c2n[nH]c(=S)n2/N=C\c2c(F)cccc2Cl)cc1. The lowest BCUT2D eigenvalue weighted by molar-refractivity contribution is 0.415. The molecule has 0 spiro atoms. The molecule has 5 nitrogen and oxygen atoms in total. The maximum absolute atomic E-state index is 13.8. The molecule has 0 radical (unpaired) electrons. The second-order valence-electron chi connectivity index (χ2n) is 4.77. The third kappa shape index (κ3) is 3.22. The van der Waals surface area contributed by atoms with Gasteiger partial charge in [0.15, 0.2) is 5.82 Å². The lowest BCUT2D eigenvalue weighted by atomic mass is 10.2. The predicted molar refractivity (Wildman–Crippen MR) is 93.8 cm³/mol. The second kappa shape index (κ2) is 6.94. The molecule has 0 saturated heterocycles. The van der Waals surface area contributed by atoms with Gasteiger partial charge in [0.25, 0.3) is 0 Å². The molecule has 1 aromatic heterocycles. The van der Waals surface area contributed by atoms with Gasteiger partial charge >= 0.3 is 0 Å². The standard InChI is InChI=1S/C16H12ClFN4OS/c1-23-11-7-5-10(6-8-11)15-20-21-16(24)22(15)19-9-12-13(17)3-2-4-14(12)18/h2-9H,1H3,(H,21,24)/b19-9-. The van der Waals surface area contributed by atoms with Gasteiger partial charge in [0, 0.05) is 11.1 Å². The molecule has 1 heterocycles. The summed E-state index contributed by atoms with van der Waals surface area (Å²) in [5, 5.41) is 11.3. The molecule has 0 aliphatic carbocycles. The minimum atomic E-state index is -0.465. The Morgan fingerprint density at radius 2 is 2.04 bits per heavy atom. The average Bonchev–Trinajstić information content (AvgIpc) is 2.95. The van der Waals surface area contributed by atoms with Crippen LogP contribution in [0.4, 0.5) is 4.39 Å². The highest BCUT2D eigenvalue weighted by Crippen LogP contribution is 2.21. The minimum absolute atomic E-state index is 0.183. The van der Waals surface area contributed by atoms with Gasteiger partial charge in [0.2, 0.25) is 4.77 Å². The third-order valence-electron chi connectivity index (χ3n) is 3.30. The number of aromatic nitrogens is 3. The summed E-state index contributed by atoms with van der Waals surface area (Å²) in [5.74, 6) is 0.750. The molecule has 8 heteroatoms. The van der Waals surface area contributed by atoms with E-state index < -0.39 is 5.82 Å². The topological polar surface area (TPSA) is 55.2 Å². The van der Waals surface area contributed by atoms with Crippen LogP contribution >= 0.6 is 23.8 Å². The molecular weight excluding hydrogens is 351 g/mol. The summed E-state index contributed by atoms with van der Waals surface area (Å²) in [6, 6.07) is 11.7. The molecule has 0 amide bonds. The summed E-state index contributed by atoms with van der Waals surface area (Å²) >= 11 is 11.2. The highest BCUT2D eigenvalue weighted by molar-refractivity contribution is 7.71. The van der Waals surface area contributed by atoms with Gasteiger partial charge in [-0.1, -0.05) is 17.7 Å². The van der Waals surface area contributed by atoms with Crippen molar-refractivity contribution >= 4 is 30.0 Å². The van der Waals surface area contributed by atoms with Crippen molar-refractivity contribution in [2.24, 2.45) is 5.10 Å². The molecule has 1 N–H and O–H groups in total. The van der Waals surface area contributed by atoms with Crippen LogP contribution in [0.2, 0.25) is 5.02 Å². The molecule has 3 rings (SSSR count). The van der Waals surface area contributed by atoms with Crippen LogP contribution in [0.15, 0.2) is 47.6 Å². The van der Waals surface area contributed by atoms with Gasteiger partial charge in [-0.25, -0.2) is 9.49 Å². The van der Waals surface area contributed by atoms with E-state index in [0.717, 1.165) is 11.3 Å². The van der Waals surface area contributed by atoms with Gasteiger partial charge in [-0.2, -0.15) is 14.9 Å². The van der Waals surface area contributed by atoms with E-state index in [2.05, 4.69) is 15.3 Å². The first-order valence-electron chi connectivity index (χ1n) is 6.90. The van der Waals surface area contributed by atoms with Crippen molar-refractivity contribution in [1.29, 1.82) is 0 Å². The first kappa shape index (κ1) is 16.4. The molecule has 0 atom stereocenters. The number of ether oxygens (including phenoxy) is 1. The smallest absolute Gasteiger partial charge is 0.216 e. The zero-order chi connectivity index (χ0) is 17.1. The second-order valence-corrected chi connectivity index (χ2v) is 5.57. The molecule has 24 heavy (non-hydrogen) atoms. The highest BCUT2D eigenvalue weighted by atomic mass is 35.5. The Balaban J connectivity index is 2.01. The summed E-state index contributed by atoms with van der Waals surface area (Å²) in [6.07, 6.45) is 1.32. The number of rotatable bonds is 4. The fourth-order valence-corrected chi connectivity index (χ4v) is 2.47. The maximum atomic E-state index is 13.8. The number of halogens is 2. The van der Waals surface area contributed by atoms with Crippen molar-refractivity contribution in [3.05, 3.63) is 63.6 Å². The Kier molecular flexibility index (Phi) is 4.73. The number of hydrogen-bond donors (Lipinski definition) is 1. The van der Waals surface area contributed by atoms with Gasteiger partial charge in [0.1, 0.15) is 11.6 Å². The van der Waals surface area contributed by atoms with Crippen molar-refractivity contribution in [2.75, 3.05) is 7.11 Å². The average molecular weight is 363 g/mol. The predicted octanol–water partition coefficient (Wildman–Crippen LogP) is 4.29. The number of hydrogen-bond acceptors (Lipinski definition) is 4. The molecule has 0 aliphatic rings. The number of benzene rings is 2.